The second-order valence-electron chi connectivity index (χ2n) is 6.28. The number of carboxylic acids is 1. The van der Waals surface area contributed by atoms with Gasteiger partial charge in [-0.25, -0.2) is 9.78 Å². The van der Waals surface area contributed by atoms with Gasteiger partial charge in [-0.2, -0.15) is 5.10 Å². The molecule has 0 spiro atoms. The lowest BCUT2D eigenvalue weighted by molar-refractivity contribution is -0.144. The second-order valence-corrected chi connectivity index (χ2v) is 6.69. The van der Waals surface area contributed by atoms with Gasteiger partial charge in [0, 0.05) is 12.5 Å². The van der Waals surface area contributed by atoms with Crippen molar-refractivity contribution >= 4 is 17.6 Å². The minimum atomic E-state index is -1.02. The van der Waals surface area contributed by atoms with Crippen LogP contribution in [-0.4, -0.2) is 50.4 Å². The molecule has 1 aromatic heterocycles. The van der Waals surface area contributed by atoms with Crippen molar-refractivity contribution in [2.45, 2.75) is 38.3 Å². The van der Waals surface area contributed by atoms with Gasteiger partial charge in [0.2, 0.25) is 0 Å². The van der Waals surface area contributed by atoms with Gasteiger partial charge in [-0.05, 0) is 50.6 Å². The van der Waals surface area contributed by atoms with Crippen molar-refractivity contribution in [2.75, 3.05) is 13.1 Å². The fourth-order valence-electron chi connectivity index (χ4n) is 3.01. The normalized spacial score (nSPS) is 17.4. The van der Waals surface area contributed by atoms with Crippen LogP contribution in [0.1, 0.15) is 37.1 Å². The van der Waals surface area contributed by atoms with Crippen LogP contribution in [0.4, 0.5) is 0 Å². The molecule has 25 heavy (non-hydrogen) atoms. The van der Waals surface area contributed by atoms with E-state index in [9.17, 15) is 4.79 Å². The molecule has 1 aromatic carbocycles. The average molecular weight is 365 g/mol. The summed E-state index contributed by atoms with van der Waals surface area (Å²) in [6, 6.07) is 5.50. The lowest BCUT2D eigenvalue weighted by atomic mass is 9.96. The van der Waals surface area contributed by atoms with E-state index in [0.717, 1.165) is 43.9 Å². The third-order valence-electron chi connectivity index (χ3n) is 4.46. The summed E-state index contributed by atoms with van der Waals surface area (Å²) in [5, 5.41) is 16.2. The quantitative estimate of drug-likeness (QED) is 0.818. The number of hydrogen-bond donors (Lipinski definition) is 2. The van der Waals surface area contributed by atoms with E-state index in [1.807, 2.05) is 12.1 Å². The van der Waals surface area contributed by atoms with Crippen LogP contribution in [-0.2, 0) is 11.3 Å². The van der Waals surface area contributed by atoms with Crippen molar-refractivity contribution in [3.05, 3.63) is 40.9 Å². The van der Waals surface area contributed by atoms with Crippen LogP contribution in [0.3, 0.4) is 0 Å². The summed E-state index contributed by atoms with van der Waals surface area (Å²) in [4.78, 5) is 17.5. The number of likely N-dealkylation sites (tertiary alicyclic amines) is 1. The Labute approximate surface area is 151 Å². The molecule has 0 bridgehead atoms. The molecule has 0 radical (unpaired) electrons. The maximum Gasteiger partial charge on any atom is 0.344 e. The van der Waals surface area contributed by atoms with Gasteiger partial charge < -0.3 is 9.84 Å². The van der Waals surface area contributed by atoms with Crippen LogP contribution < -0.4 is 4.74 Å². The zero-order chi connectivity index (χ0) is 17.8. The first-order valence-electron chi connectivity index (χ1n) is 8.28. The minimum absolute atomic E-state index is 0.393. The number of benzene rings is 1. The third kappa shape index (κ3) is 4.49. The van der Waals surface area contributed by atoms with Crippen LogP contribution in [0.25, 0.3) is 0 Å². The smallest absolute Gasteiger partial charge is 0.344 e. The monoisotopic (exact) mass is 364 g/mol. The van der Waals surface area contributed by atoms with E-state index in [1.54, 1.807) is 12.4 Å². The highest BCUT2D eigenvalue weighted by Crippen LogP contribution is 2.29. The summed E-state index contributed by atoms with van der Waals surface area (Å²) in [7, 11) is 0. The Morgan fingerprint density at radius 2 is 2.24 bits per heavy atom. The molecule has 0 unspecified atom stereocenters. The molecule has 0 amide bonds. The molecule has 0 aliphatic carbocycles. The zero-order valence-corrected chi connectivity index (χ0v) is 14.7. The number of aliphatic carboxylic acids is 1. The van der Waals surface area contributed by atoms with Crippen molar-refractivity contribution in [3.63, 3.8) is 0 Å². The number of H-pyrrole nitrogens is 1. The molecule has 1 atom stereocenters. The van der Waals surface area contributed by atoms with Gasteiger partial charge in [-0.15, -0.1) is 0 Å². The second kappa shape index (κ2) is 7.84. The standard InChI is InChI=1S/C17H21ClN4O3/c1-11(17(23)24)25-15-3-2-12(8-14(15)18)9-22-6-4-13(5-7-22)16-19-10-20-21-16/h2-3,8,10-11,13H,4-7,9H2,1H3,(H,23,24)(H,19,20,21)/t11-/m1/s1. The maximum absolute atomic E-state index is 10.9. The van der Waals surface area contributed by atoms with Crippen molar-refractivity contribution in [2.24, 2.45) is 0 Å². The number of carbonyl (C=O) groups is 1. The number of carboxylic acid groups (broad SMARTS) is 1. The highest BCUT2D eigenvalue weighted by atomic mass is 35.5. The van der Waals surface area contributed by atoms with Crippen LogP contribution >= 0.6 is 11.6 Å². The predicted octanol–water partition coefficient (Wildman–Crippen LogP) is 2.69. The highest BCUT2D eigenvalue weighted by molar-refractivity contribution is 6.32. The summed E-state index contributed by atoms with van der Waals surface area (Å²) in [5.74, 6) is 0.784. The lowest BCUT2D eigenvalue weighted by Crippen LogP contribution is -2.32. The fourth-order valence-corrected chi connectivity index (χ4v) is 3.26. The van der Waals surface area contributed by atoms with E-state index in [2.05, 4.69) is 20.1 Å². The topological polar surface area (TPSA) is 91.3 Å². The van der Waals surface area contributed by atoms with Gasteiger partial charge in [0.15, 0.2) is 6.10 Å². The number of halogens is 1. The molecule has 0 saturated carbocycles. The van der Waals surface area contributed by atoms with Crippen molar-refractivity contribution in [3.8, 4) is 5.75 Å². The molecular formula is C17H21ClN4O3. The van der Waals surface area contributed by atoms with Crippen LogP contribution in [0.2, 0.25) is 5.02 Å². The Kier molecular flexibility index (Phi) is 5.55. The number of aromatic amines is 1. The largest absolute Gasteiger partial charge is 0.479 e. The summed E-state index contributed by atoms with van der Waals surface area (Å²) in [6.07, 6.45) is 2.71. The molecule has 7 nitrogen and oxygen atoms in total. The zero-order valence-electron chi connectivity index (χ0n) is 14.0. The molecule has 1 fully saturated rings. The molecule has 1 saturated heterocycles. The van der Waals surface area contributed by atoms with Crippen molar-refractivity contribution < 1.29 is 14.6 Å². The van der Waals surface area contributed by atoms with Crippen molar-refractivity contribution in [1.82, 2.24) is 20.1 Å². The fraction of sp³-hybridized carbons (Fsp3) is 0.471. The Bertz CT molecular complexity index is 715. The minimum Gasteiger partial charge on any atom is -0.479 e. The number of hydrogen-bond acceptors (Lipinski definition) is 5. The Balaban J connectivity index is 1.55. The summed E-state index contributed by atoms with van der Waals surface area (Å²) in [5.41, 5.74) is 1.08. The van der Waals surface area contributed by atoms with E-state index >= 15 is 0 Å². The lowest BCUT2D eigenvalue weighted by Gasteiger charge is -2.31. The summed E-state index contributed by atoms with van der Waals surface area (Å²) < 4.78 is 5.35. The maximum atomic E-state index is 10.9. The van der Waals surface area contributed by atoms with Gasteiger partial charge in [-0.1, -0.05) is 17.7 Å². The van der Waals surface area contributed by atoms with Gasteiger partial charge in [0.05, 0.1) is 5.02 Å². The van der Waals surface area contributed by atoms with E-state index in [1.165, 1.54) is 6.92 Å². The molecule has 2 aromatic rings. The molecule has 134 valence electrons. The summed E-state index contributed by atoms with van der Waals surface area (Å²) >= 11 is 6.23. The molecule has 1 aliphatic rings. The van der Waals surface area contributed by atoms with E-state index < -0.39 is 12.1 Å². The van der Waals surface area contributed by atoms with Gasteiger partial charge >= 0.3 is 5.97 Å². The first-order valence-corrected chi connectivity index (χ1v) is 8.66. The first kappa shape index (κ1) is 17.7. The highest BCUT2D eigenvalue weighted by Gasteiger charge is 2.22. The van der Waals surface area contributed by atoms with Gasteiger partial charge in [0.1, 0.15) is 17.9 Å². The van der Waals surface area contributed by atoms with E-state index in [-0.39, 0.29) is 0 Å². The molecule has 2 heterocycles. The molecular weight excluding hydrogens is 344 g/mol. The number of aromatic nitrogens is 3. The predicted molar refractivity (Wildman–Crippen MR) is 92.8 cm³/mol. The van der Waals surface area contributed by atoms with Gasteiger partial charge in [-0.3, -0.25) is 10.00 Å². The van der Waals surface area contributed by atoms with E-state index in [4.69, 9.17) is 21.4 Å². The third-order valence-corrected chi connectivity index (χ3v) is 4.76. The van der Waals surface area contributed by atoms with Crippen LogP contribution in [0.5, 0.6) is 5.75 Å². The number of nitrogens with one attached hydrogen (secondary N) is 1. The van der Waals surface area contributed by atoms with E-state index in [0.29, 0.717) is 16.7 Å². The first-order chi connectivity index (χ1) is 12.0. The molecule has 3 rings (SSSR count). The molecule has 1 aliphatic heterocycles. The summed E-state index contributed by atoms with van der Waals surface area (Å²) in [6.45, 7) is 4.25. The number of ether oxygens (including phenoxy) is 1. The van der Waals surface area contributed by atoms with Crippen LogP contribution in [0, 0.1) is 0 Å². The average Bonchev–Trinajstić information content (AvgIpc) is 3.12. The molecule has 2 N–H and O–H groups in total. The van der Waals surface area contributed by atoms with Gasteiger partial charge in [0.25, 0.3) is 0 Å². The number of piperidine rings is 1. The Morgan fingerprint density at radius 1 is 1.48 bits per heavy atom. The number of nitrogens with zero attached hydrogens (tertiary/aromatic N) is 3. The SMILES string of the molecule is C[C@@H](Oc1ccc(CN2CCC(c3ncn[nH]3)CC2)cc1Cl)C(=O)O. The Morgan fingerprint density at radius 3 is 2.84 bits per heavy atom. The van der Waals surface area contributed by atoms with Crippen LogP contribution in [0.15, 0.2) is 24.5 Å². The number of rotatable bonds is 6. The molecule has 8 heteroatoms. The Hall–Kier alpha value is -2.12. The van der Waals surface area contributed by atoms with Crippen molar-refractivity contribution in [1.29, 1.82) is 0 Å².